The summed E-state index contributed by atoms with van der Waals surface area (Å²) in [6.07, 6.45) is 0. The molecule has 21 heavy (non-hydrogen) atoms. The molecule has 0 saturated heterocycles. The Bertz CT molecular complexity index is 757. The van der Waals surface area contributed by atoms with Gasteiger partial charge in [0.05, 0.1) is 12.8 Å². The number of nitrogens with zero attached hydrogens (tertiary/aromatic N) is 2. The van der Waals surface area contributed by atoms with Gasteiger partial charge in [-0.1, -0.05) is 42.5 Å². The molecule has 2 N–H and O–H groups in total. The van der Waals surface area contributed by atoms with Crippen molar-refractivity contribution in [2.75, 3.05) is 12.8 Å². The molecule has 0 aliphatic rings. The number of ether oxygens (including phenoxy) is 1. The van der Waals surface area contributed by atoms with E-state index in [1.807, 2.05) is 54.6 Å². The van der Waals surface area contributed by atoms with E-state index in [-0.39, 0.29) is 0 Å². The van der Waals surface area contributed by atoms with E-state index >= 15 is 0 Å². The minimum atomic E-state index is 0.435. The molecule has 1 heterocycles. The Morgan fingerprint density at radius 1 is 0.905 bits per heavy atom. The molecule has 0 amide bonds. The molecule has 4 nitrogen and oxygen atoms in total. The molecule has 0 saturated carbocycles. The molecule has 4 heteroatoms. The summed E-state index contributed by atoms with van der Waals surface area (Å²) in [5.74, 6) is 1.80. The second-order valence-electron chi connectivity index (χ2n) is 4.57. The summed E-state index contributed by atoms with van der Waals surface area (Å²) in [6, 6.07) is 19.2. The Morgan fingerprint density at radius 2 is 1.62 bits per heavy atom. The molecule has 0 unspecified atom stereocenters. The minimum absolute atomic E-state index is 0.435. The Morgan fingerprint density at radius 3 is 2.38 bits per heavy atom. The van der Waals surface area contributed by atoms with E-state index in [4.69, 9.17) is 10.5 Å². The fourth-order valence-corrected chi connectivity index (χ4v) is 2.18. The smallest absolute Gasteiger partial charge is 0.162 e. The quantitative estimate of drug-likeness (QED) is 0.797. The minimum Gasteiger partial charge on any atom is -0.496 e. The Kier molecular flexibility index (Phi) is 3.51. The van der Waals surface area contributed by atoms with Crippen LogP contribution in [-0.4, -0.2) is 17.1 Å². The van der Waals surface area contributed by atoms with Gasteiger partial charge in [0.25, 0.3) is 0 Å². The number of rotatable bonds is 3. The molecule has 1 aromatic heterocycles. The average molecular weight is 277 g/mol. The SMILES string of the molecule is COc1ccccc1-c1cc(N)nc(-c2ccccc2)n1. The fraction of sp³-hybridized carbons (Fsp3) is 0.0588. The summed E-state index contributed by atoms with van der Waals surface area (Å²) in [5.41, 5.74) is 8.51. The van der Waals surface area contributed by atoms with Gasteiger partial charge in [-0.2, -0.15) is 0 Å². The highest BCUT2D eigenvalue weighted by atomic mass is 16.5. The van der Waals surface area contributed by atoms with Crippen LogP contribution in [-0.2, 0) is 0 Å². The van der Waals surface area contributed by atoms with E-state index in [0.717, 1.165) is 22.6 Å². The highest BCUT2D eigenvalue weighted by molar-refractivity contribution is 5.71. The molecule has 0 spiro atoms. The Balaban J connectivity index is 2.14. The van der Waals surface area contributed by atoms with Crippen LogP contribution in [0.3, 0.4) is 0 Å². The first kappa shape index (κ1) is 13.1. The Hall–Kier alpha value is -2.88. The maximum Gasteiger partial charge on any atom is 0.162 e. The molecule has 3 aromatic rings. The van der Waals surface area contributed by atoms with Crippen molar-refractivity contribution in [3.63, 3.8) is 0 Å². The van der Waals surface area contributed by atoms with Gasteiger partial charge in [0.1, 0.15) is 11.6 Å². The van der Waals surface area contributed by atoms with Crippen molar-refractivity contribution in [3.8, 4) is 28.4 Å². The first-order valence-electron chi connectivity index (χ1n) is 6.61. The second kappa shape index (κ2) is 5.63. The van der Waals surface area contributed by atoms with E-state index in [9.17, 15) is 0 Å². The Labute approximate surface area is 123 Å². The molecule has 0 atom stereocenters. The third kappa shape index (κ3) is 2.69. The highest BCUT2D eigenvalue weighted by Gasteiger charge is 2.10. The zero-order valence-electron chi connectivity index (χ0n) is 11.7. The van der Waals surface area contributed by atoms with Gasteiger partial charge >= 0.3 is 0 Å². The van der Waals surface area contributed by atoms with Gasteiger partial charge in [-0.05, 0) is 12.1 Å². The number of aromatic nitrogens is 2. The van der Waals surface area contributed by atoms with Crippen molar-refractivity contribution in [3.05, 3.63) is 60.7 Å². The van der Waals surface area contributed by atoms with Crippen LogP contribution in [0.15, 0.2) is 60.7 Å². The van der Waals surface area contributed by atoms with Crippen LogP contribution >= 0.6 is 0 Å². The molecule has 104 valence electrons. The number of methoxy groups -OCH3 is 1. The summed E-state index contributed by atoms with van der Waals surface area (Å²) in [5, 5.41) is 0. The van der Waals surface area contributed by atoms with Crippen LogP contribution in [0.5, 0.6) is 5.75 Å². The van der Waals surface area contributed by atoms with Crippen LogP contribution < -0.4 is 10.5 Å². The van der Waals surface area contributed by atoms with Crippen molar-refractivity contribution >= 4 is 5.82 Å². The lowest BCUT2D eigenvalue weighted by Gasteiger charge is -2.09. The number of hydrogen-bond donors (Lipinski definition) is 1. The van der Waals surface area contributed by atoms with Crippen LogP contribution in [0, 0.1) is 0 Å². The standard InChI is InChI=1S/C17H15N3O/c1-21-15-10-6-5-9-13(15)14-11-16(18)20-17(19-14)12-7-3-2-4-8-12/h2-11H,1H3,(H2,18,19,20). The zero-order chi connectivity index (χ0) is 14.7. The first-order valence-corrected chi connectivity index (χ1v) is 6.61. The van der Waals surface area contributed by atoms with Crippen molar-refractivity contribution in [1.29, 1.82) is 0 Å². The number of para-hydroxylation sites is 1. The molecule has 0 aliphatic heterocycles. The number of nitrogens with two attached hydrogens (primary N) is 1. The molecule has 0 aliphatic carbocycles. The van der Waals surface area contributed by atoms with Gasteiger partial charge in [0, 0.05) is 17.2 Å². The monoisotopic (exact) mass is 277 g/mol. The zero-order valence-corrected chi connectivity index (χ0v) is 11.7. The largest absolute Gasteiger partial charge is 0.496 e. The fourth-order valence-electron chi connectivity index (χ4n) is 2.18. The normalized spacial score (nSPS) is 10.3. The molecule has 0 bridgehead atoms. The van der Waals surface area contributed by atoms with E-state index in [2.05, 4.69) is 9.97 Å². The van der Waals surface area contributed by atoms with Crippen LogP contribution in [0.2, 0.25) is 0 Å². The van der Waals surface area contributed by atoms with Crippen LogP contribution in [0.4, 0.5) is 5.82 Å². The third-order valence-electron chi connectivity index (χ3n) is 3.16. The van der Waals surface area contributed by atoms with Gasteiger partial charge in [-0.3, -0.25) is 0 Å². The van der Waals surface area contributed by atoms with Gasteiger partial charge < -0.3 is 10.5 Å². The van der Waals surface area contributed by atoms with Crippen molar-refractivity contribution < 1.29 is 4.74 Å². The summed E-state index contributed by atoms with van der Waals surface area (Å²) >= 11 is 0. The number of hydrogen-bond acceptors (Lipinski definition) is 4. The molecule has 3 rings (SSSR count). The summed E-state index contributed by atoms with van der Waals surface area (Å²) < 4.78 is 5.38. The third-order valence-corrected chi connectivity index (χ3v) is 3.16. The predicted octanol–water partition coefficient (Wildman–Crippen LogP) is 3.40. The van der Waals surface area contributed by atoms with Crippen LogP contribution in [0.25, 0.3) is 22.6 Å². The van der Waals surface area contributed by atoms with Gasteiger partial charge in [0.15, 0.2) is 5.82 Å². The summed E-state index contributed by atoms with van der Waals surface area (Å²) in [4.78, 5) is 8.92. The lowest BCUT2D eigenvalue weighted by molar-refractivity contribution is 0.416. The molecule has 2 aromatic carbocycles. The highest BCUT2D eigenvalue weighted by Crippen LogP contribution is 2.30. The second-order valence-corrected chi connectivity index (χ2v) is 4.57. The van der Waals surface area contributed by atoms with Crippen molar-refractivity contribution in [1.82, 2.24) is 9.97 Å². The van der Waals surface area contributed by atoms with Crippen molar-refractivity contribution in [2.24, 2.45) is 0 Å². The lowest BCUT2D eigenvalue weighted by Crippen LogP contribution is -1.99. The maximum absolute atomic E-state index is 5.93. The predicted molar refractivity (Wildman–Crippen MR) is 83.9 cm³/mol. The maximum atomic E-state index is 5.93. The lowest BCUT2D eigenvalue weighted by atomic mass is 10.1. The molecular formula is C17H15N3O. The van der Waals surface area contributed by atoms with Crippen molar-refractivity contribution in [2.45, 2.75) is 0 Å². The molecular weight excluding hydrogens is 262 g/mol. The first-order chi connectivity index (χ1) is 10.3. The van der Waals surface area contributed by atoms with E-state index in [0.29, 0.717) is 11.6 Å². The van der Waals surface area contributed by atoms with Gasteiger partial charge in [-0.15, -0.1) is 0 Å². The van der Waals surface area contributed by atoms with Crippen LogP contribution in [0.1, 0.15) is 0 Å². The average Bonchev–Trinajstić information content (AvgIpc) is 2.55. The number of benzene rings is 2. The van der Waals surface area contributed by atoms with Gasteiger partial charge in [0.2, 0.25) is 0 Å². The number of anilines is 1. The van der Waals surface area contributed by atoms with E-state index < -0.39 is 0 Å². The van der Waals surface area contributed by atoms with E-state index in [1.54, 1.807) is 13.2 Å². The molecule has 0 fully saturated rings. The van der Waals surface area contributed by atoms with Gasteiger partial charge in [-0.25, -0.2) is 9.97 Å². The molecule has 0 radical (unpaired) electrons. The van der Waals surface area contributed by atoms with E-state index in [1.165, 1.54) is 0 Å². The summed E-state index contributed by atoms with van der Waals surface area (Å²) in [7, 11) is 1.64. The topological polar surface area (TPSA) is 61.0 Å². The number of nitrogen functional groups attached to an aromatic ring is 1. The summed E-state index contributed by atoms with van der Waals surface area (Å²) in [6.45, 7) is 0.